The minimum absolute atomic E-state index is 0.330. The lowest BCUT2D eigenvalue weighted by Gasteiger charge is -2.03. The van der Waals surface area contributed by atoms with Gasteiger partial charge < -0.3 is 0 Å². The lowest BCUT2D eigenvalue weighted by molar-refractivity contribution is 0.617. The molecule has 0 radical (unpaired) electrons. The van der Waals surface area contributed by atoms with Crippen LogP contribution in [0.15, 0.2) is 66.0 Å². The topological polar surface area (TPSA) is 43.1 Å². The average Bonchev–Trinajstić information content (AvgIpc) is 3.10. The Balaban J connectivity index is 1.58. The van der Waals surface area contributed by atoms with E-state index in [2.05, 4.69) is 15.1 Å². The summed E-state index contributed by atoms with van der Waals surface area (Å²) in [6.45, 7) is 0. The number of fused-ring (bicyclic) bond motifs is 1. The van der Waals surface area contributed by atoms with E-state index in [1.807, 2.05) is 48.6 Å². The van der Waals surface area contributed by atoms with E-state index in [0.29, 0.717) is 27.3 Å². The largest absolute Gasteiger partial charge is 0.253 e. The Hall–Kier alpha value is -2.70. The molecule has 0 fully saturated rings. The highest BCUT2D eigenvalue weighted by molar-refractivity contribution is 7.98. The molecule has 7 heteroatoms. The van der Waals surface area contributed by atoms with Gasteiger partial charge in [0.05, 0.1) is 5.69 Å². The molecular weight excluding hydrogens is 383 g/mol. The van der Waals surface area contributed by atoms with Crippen molar-refractivity contribution in [3.05, 3.63) is 88.5 Å². The van der Waals surface area contributed by atoms with Crippen LogP contribution in [0.5, 0.6) is 0 Å². The minimum Gasteiger partial charge on any atom is -0.220 e. The number of benzene rings is 2. The molecule has 0 N–H and O–H groups in total. The lowest BCUT2D eigenvalue weighted by atomic mass is 10.2. The molecule has 0 saturated heterocycles. The molecule has 2 heterocycles. The maximum atomic E-state index is 13.9. The summed E-state index contributed by atoms with van der Waals surface area (Å²) < 4.78 is 15.6. The Morgan fingerprint density at radius 3 is 2.70 bits per heavy atom. The van der Waals surface area contributed by atoms with Crippen molar-refractivity contribution in [2.45, 2.75) is 10.9 Å². The second kappa shape index (κ2) is 7.90. The fraction of sp³-hybridized carbons (Fsp3) is 0.0500. The molecule has 0 saturated carbocycles. The van der Waals surface area contributed by atoms with Crippen molar-refractivity contribution in [2.75, 3.05) is 0 Å². The van der Waals surface area contributed by atoms with Crippen LogP contribution in [0.4, 0.5) is 4.39 Å². The summed E-state index contributed by atoms with van der Waals surface area (Å²) in [4.78, 5) is 8.66. The van der Waals surface area contributed by atoms with E-state index in [-0.39, 0.29) is 5.82 Å². The zero-order valence-electron chi connectivity index (χ0n) is 14.1. The van der Waals surface area contributed by atoms with Crippen LogP contribution in [-0.4, -0.2) is 19.6 Å². The third-order valence-corrected chi connectivity index (χ3v) is 5.12. The first-order valence-corrected chi connectivity index (χ1v) is 9.58. The fourth-order valence-electron chi connectivity index (χ4n) is 2.53. The summed E-state index contributed by atoms with van der Waals surface area (Å²) >= 11 is 7.40. The molecule has 2 aromatic heterocycles. The van der Waals surface area contributed by atoms with Gasteiger partial charge in [-0.3, -0.25) is 0 Å². The zero-order chi connectivity index (χ0) is 18.6. The molecule has 0 aliphatic carbocycles. The van der Waals surface area contributed by atoms with Crippen LogP contribution in [-0.2, 0) is 5.75 Å². The van der Waals surface area contributed by atoms with Crippen LogP contribution in [0.2, 0.25) is 5.02 Å². The number of thioether (sulfide) groups is 1. The van der Waals surface area contributed by atoms with Crippen molar-refractivity contribution in [1.82, 2.24) is 19.6 Å². The van der Waals surface area contributed by atoms with Crippen LogP contribution in [0, 0.1) is 5.82 Å². The highest BCUT2D eigenvalue weighted by Crippen LogP contribution is 2.27. The highest BCUT2D eigenvalue weighted by Gasteiger charge is 2.11. The molecule has 0 bridgehead atoms. The number of rotatable bonds is 5. The summed E-state index contributed by atoms with van der Waals surface area (Å²) in [6, 6.07) is 16.5. The molecule has 4 rings (SSSR count). The van der Waals surface area contributed by atoms with Gasteiger partial charge in [-0.1, -0.05) is 65.8 Å². The monoisotopic (exact) mass is 396 g/mol. The SMILES string of the molecule is Fc1cccc(Cl)c1CSc1nc2nccc(/C=C/c3ccccc3)n2n1. The molecule has 0 spiro atoms. The van der Waals surface area contributed by atoms with Gasteiger partial charge in [0.2, 0.25) is 5.16 Å². The van der Waals surface area contributed by atoms with Crippen molar-refractivity contribution in [1.29, 1.82) is 0 Å². The van der Waals surface area contributed by atoms with Crippen LogP contribution >= 0.6 is 23.4 Å². The van der Waals surface area contributed by atoms with E-state index < -0.39 is 0 Å². The quantitative estimate of drug-likeness (QED) is 0.425. The molecule has 0 atom stereocenters. The van der Waals surface area contributed by atoms with Crippen molar-refractivity contribution < 1.29 is 4.39 Å². The van der Waals surface area contributed by atoms with Gasteiger partial charge in [-0.15, -0.1) is 5.10 Å². The summed E-state index contributed by atoms with van der Waals surface area (Å²) in [5, 5.41) is 5.40. The number of aromatic nitrogens is 4. The third-order valence-electron chi connectivity index (χ3n) is 3.90. The van der Waals surface area contributed by atoms with E-state index in [0.717, 1.165) is 11.3 Å². The predicted molar refractivity (Wildman–Crippen MR) is 107 cm³/mol. The van der Waals surface area contributed by atoms with Crippen molar-refractivity contribution in [2.24, 2.45) is 0 Å². The van der Waals surface area contributed by atoms with Gasteiger partial charge in [0.15, 0.2) is 0 Å². The van der Waals surface area contributed by atoms with Crippen molar-refractivity contribution in [3.63, 3.8) is 0 Å². The molecule has 0 unspecified atom stereocenters. The number of halogens is 2. The maximum Gasteiger partial charge on any atom is 0.253 e. The Morgan fingerprint density at radius 1 is 1.04 bits per heavy atom. The predicted octanol–water partition coefficient (Wildman–Crippen LogP) is 5.38. The van der Waals surface area contributed by atoms with Gasteiger partial charge >= 0.3 is 0 Å². The number of hydrogen-bond donors (Lipinski definition) is 0. The Morgan fingerprint density at radius 2 is 1.89 bits per heavy atom. The van der Waals surface area contributed by atoms with Crippen LogP contribution in [0.25, 0.3) is 17.9 Å². The first-order valence-electron chi connectivity index (χ1n) is 8.21. The van der Waals surface area contributed by atoms with Gasteiger partial charge in [0.25, 0.3) is 5.78 Å². The van der Waals surface area contributed by atoms with E-state index in [1.54, 1.807) is 22.8 Å². The van der Waals surface area contributed by atoms with E-state index in [9.17, 15) is 4.39 Å². The molecule has 0 amide bonds. The molecular formula is C20H14ClFN4S. The summed E-state index contributed by atoms with van der Waals surface area (Å²) in [5.41, 5.74) is 2.39. The second-order valence-corrected chi connectivity index (χ2v) is 7.06. The van der Waals surface area contributed by atoms with Gasteiger partial charge in [0, 0.05) is 22.5 Å². The van der Waals surface area contributed by atoms with Crippen LogP contribution in [0.1, 0.15) is 16.8 Å². The number of hydrogen-bond acceptors (Lipinski definition) is 4. The first kappa shape index (κ1) is 17.7. The molecule has 0 aliphatic rings. The summed E-state index contributed by atoms with van der Waals surface area (Å²) in [6.07, 6.45) is 5.65. The van der Waals surface area contributed by atoms with Gasteiger partial charge in [-0.2, -0.15) is 9.50 Å². The van der Waals surface area contributed by atoms with Crippen LogP contribution in [0.3, 0.4) is 0 Å². The van der Waals surface area contributed by atoms with E-state index in [4.69, 9.17) is 11.6 Å². The smallest absolute Gasteiger partial charge is 0.220 e. The van der Waals surface area contributed by atoms with E-state index in [1.165, 1.54) is 17.8 Å². The Bertz CT molecular complexity index is 1090. The molecule has 27 heavy (non-hydrogen) atoms. The van der Waals surface area contributed by atoms with Crippen molar-refractivity contribution in [3.8, 4) is 0 Å². The standard InChI is InChI=1S/C20H14ClFN4S/c21-17-7-4-8-18(22)16(17)13-27-20-24-19-23-12-11-15(26(19)25-20)10-9-14-5-2-1-3-6-14/h1-12H,13H2/b10-9+. The van der Waals surface area contributed by atoms with Crippen LogP contribution < -0.4 is 0 Å². The third kappa shape index (κ3) is 4.02. The van der Waals surface area contributed by atoms with Gasteiger partial charge in [-0.05, 0) is 29.8 Å². The van der Waals surface area contributed by atoms with Crippen molar-refractivity contribution >= 4 is 41.3 Å². The molecule has 0 aliphatic heterocycles. The highest BCUT2D eigenvalue weighted by atomic mass is 35.5. The molecule has 2 aromatic carbocycles. The number of nitrogens with zero attached hydrogens (tertiary/aromatic N) is 4. The zero-order valence-corrected chi connectivity index (χ0v) is 15.7. The van der Waals surface area contributed by atoms with E-state index >= 15 is 0 Å². The average molecular weight is 397 g/mol. The second-order valence-electron chi connectivity index (χ2n) is 5.71. The first-order chi connectivity index (χ1) is 13.2. The molecule has 134 valence electrons. The maximum absolute atomic E-state index is 13.9. The van der Waals surface area contributed by atoms with Gasteiger partial charge in [0.1, 0.15) is 5.82 Å². The van der Waals surface area contributed by atoms with Gasteiger partial charge in [-0.25, -0.2) is 9.37 Å². The minimum atomic E-state index is -0.330. The Labute approximate surface area is 164 Å². The lowest BCUT2D eigenvalue weighted by Crippen LogP contribution is -1.95. The fourth-order valence-corrected chi connectivity index (χ4v) is 3.69. The Kier molecular flexibility index (Phi) is 5.18. The molecule has 4 aromatic rings. The summed E-state index contributed by atoms with van der Waals surface area (Å²) in [7, 11) is 0. The normalized spacial score (nSPS) is 11.5. The molecule has 4 nitrogen and oxygen atoms in total. The summed E-state index contributed by atoms with van der Waals surface area (Å²) in [5.74, 6) is 0.508.